The summed E-state index contributed by atoms with van der Waals surface area (Å²) in [7, 11) is 0. The average Bonchev–Trinajstić information content (AvgIpc) is 2.60. The highest BCUT2D eigenvalue weighted by atomic mass is 35.5. The van der Waals surface area contributed by atoms with E-state index in [-0.39, 0.29) is 16.9 Å². The molecule has 0 bridgehead atoms. The lowest BCUT2D eigenvalue weighted by Crippen LogP contribution is -2.43. The summed E-state index contributed by atoms with van der Waals surface area (Å²) in [5.74, 6) is -3.61. The molecule has 1 aliphatic carbocycles. The quantitative estimate of drug-likeness (QED) is 0.781. The number of aliphatic carboxylic acids is 1. The summed E-state index contributed by atoms with van der Waals surface area (Å²) in [5, 5.41) is 20.3. The fraction of sp³-hybridized carbons (Fsp3) is 0.421. The van der Waals surface area contributed by atoms with Crippen molar-refractivity contribution in [3.8, 4) is 0 Å². The van der Waals surface area contributed by atoms with Gasteiger partial charge >= 0.3 is 5.97 Å². The van der Waals surface area contributed by atoms with Gasteiger partial charge in [0.2, 0.25) is 0 Å². The van der Waals surface area contributed by atoms with E-state index in [0.29, 0.717) is 36.6 Å². The number of rotatable bonds is 4. The van der Waals surface area contributed by atoms with Gasteiger partial charge in [-0.3, -0.25) is 14.4 Å². The van der Waals surface area contributed by atoms with Gasteiger partial charge in [0.1, 0.15) is 11.3 Å². The number of aliphatic hydroxyl groups is 1. The predicted molar refractivity (Wildman–Crippen MR) is 93.6 cm³/mol. The number of ketones is 2. The van der Waals surface area contributed by atoms with E-state index in [1.165, 1.54) is 13.0 Å². The Morgan fingerprint density at radius 2 is 1.96 bits per heavy atom. The van der Waals surface area contributed by atoms with E-state index < -0.39 is 35.3 Å². The summed E-state index contributed by atoms with van der Waals surface area (Å²) >= 11 is 6.05. The Morgan fingerprint density at radius 1 is 1.31 bits per heavy atom. The number of fused-ring (bicyclic) bond motifs is 2. The molecule has 2 N–H and O–H groups in total. The van der Waals surface area contributed by atoms with Crippen molar-refractivity contribution in [1.82, 2.24) is 0 Å². The third-order valence-electron chi connectivity index (χ3n) is 5.18. The third kappa shape index (κ3) is 2.93. The molecule has 1 saturated heterocycles. The standard InChI is InChI=1S/C19H19ClO6/c1-10(8-14(21)22)16(23)15-17(24)12-9-11(20)2-3-13(12)19(18(15)25)4-6-26-7-5-19/h2-3,9-10,25H,4-8H2,1H3,(H,21,22). The van der Waals surface area contributed by atoms with Crippen LogP contribution in [0.25, 0.3) is 0 Å². The smallest absolute Gasteiger partial charge is 0.304 e. The van der Waals surface area contributed by atoms with E-state index in [1.807, 2.05) is 0 Å². The number of benzene rings is 1. The molecule has 0 radical (unpaired) electrons. The van der Waals surface area contributed by atoms with Crippen LogP contribution in [0, 0.1) is 5.92 Å². The molecule has 7 heteroatoms. The zero-order valence-electron chi connectivity index (χ0n) is 14.3. The molecule has 1 aliphatic heterocycles. The second-order valence-electron chi connectivity index (χ2n) is 6.80. The molecule has 3 rings (SSSR count). The van der Waals surface area contributed by atoms with Gasteiger partial charge in [0, 0.05) is 29.7 Å². The Balaban J connectivity index is 2.17. The van der Waals surface area contributed by atoms with Crippen molar-refractivity contribution in [3.05, 3.63) is 45.7 Å². The predicted octanol–water partition coefficient (Wildman–Crippen LogP) is 3.08. The number of ether oxygens (including phenoxy) is 1. The number of allylic oxidation sites excluding steroid dienone is 2. The third-order valence-corrected chi connectivity index (χ3v) is 5.42. The first-order chi connectivity index (χ1) is 12.3. The number of hydrogen-bond acceptors (Lipinski definition) is 5. The van der Waals surface area contributed by atoms with E-state index in [9.17, 15) is 19.5 Å². The van der Waals surface area contributed by atoms with Crippen molar-refractivity contribution >= 4 is 29.1 Å². The maximum atomic E-state index is 13.0. The average molecular weight is 379 g/mol. The monoisotopic (exact) mass is 378 g/mol. The van der Waals surface area contributed by atoms with Gasteiger partial charge in [-0.15, -0.1) is 0 Å². The van der Waals surface area contributed by atoms with Crippen molar-refractivity contribution in [2.24, 2.45) is 5.92 Å². The Labute approximate surface area is 155 Å². The number of halogens is 1. The molecule has 138 valence electrons. The SMILES string of the molecule is CC(CC(=O)O)C(=O)C1=C(O)C2(CCOCC2)c2ccc(Cl)cc2C1=O. The molecule has 1 spiro atoms. The lowest BCUT2D eigenvalue weighted by molar-refractivity contribution is -0.139. The molecular weight excluding hydrogens is 360 g/mol. The number of carbonyl (C=O) groups excluding carboxylic acids is 2. The van der Waals surface area contributed by atoms with Crippen molar-refractivity contribution in [1.29, 1.82) is 0 Å². The van der Waals surface area contributed by atoms with Gasteiger partial charge in [0.25, 0.3) is 0 Å². The lowest BCUT2D eigenvalue weighted by Gasteiger charge is -2.41. The van der Waals surface area contributed by atoms with Crippen LogP contribution in [0.3, 0.4) is 0 Å². The Hall–Kier alpha value is -2.18. The van der Waals surface area contributed by atoms with E-state index >= 15 is 0 Å². The van der Waals surface area contributed by atoms with Crippen LogP contribution in [0.2, 0.25) is 5.02 Å². The Bertz CT molecular complexity index is 819. The molecule has 0 saturated carbocycles. The largest absolute Gasteiger partial charge is 0.510 e. The highest BCUT2D eigenvalue weighted by molar-refractivity contribution is 6.33. The first-order valence-corrected chi connectivity index (χ1v) is 8.78. The van der Waals surface area contributed by atoms with Gasteiger partial charge in [0.05, 0.1) is 11.8 Å². The number of hydrogen-bond donors (Lipinski definition) is 2. The van der Waals surface area contributed by atoms with E-state index in [4.69, 9.17) is 21.4 Å². The van der Waals surface area contributed by atoms with Gasteiger partial charge in [-0.25, -0.2) is 0 Å². The second kappa shape index (κ2) is 6.85. The van der Waals surface area contributed by atoms with Crippen LogP contribution in [0.5, 0.6) is 0 Å². The summed E-state index contributed by atoms with van der Waals surface area (Å²) in [6.45, 7) is 2.20. The molecule has 1 atom stereocenters. The first kappa shape index (κ1) is 18.6. The van der Waals surface area contributed by atoms with Gasteiger partial charge < -0.3 is 14.9 Å². The normalized spacial score (nSPS) is 20.0. The molecule has 1 heterocycles. The molecule has 6 nitrogen and oxygen atoms in total. The maximum absolute atomic E-state index is 13.0. The lowest BCUT2D eigenvalue weighted by atomic mass is 9.64. The molecule has 26 heavy (non-hydrogen) atoms. The van der Waals surface area contributed by atoms with E-state index in [0.717, 1.165) is 0 Å². The zero-order chi connectivity index (χ0) is 19.1. The van der Waals surface area contributed by atoms with Crippen molar-refractivity contribution in [2.45, 2.75) is 31.6 Å². The van der Waals surface area contributed by atoms with Crippen LogP contribution in [-0.2, 0) is 19.7 Å². The minimum Gasteiger partial charge on any atom is -0.510 e. The van der Waals surface area contributed by atoms with Crippen LogP contribution in [-0.4, -0.2) is 41.0 Å². The zero-order valence-corrected chi connectivity index (χ0v) is 15.0. The van der Waals surface area contributed by atoms with Crippen LogP contribution in [0.15, 0.2) is 29.5 Å². The summed E-state index contributed by atoms with van der Waals surface area (Å²) in [4.78, 5) is 36.7. The molecule has 2 aliphatic rings. The minimum absolute atomic E-state index is 0.275. The summed E-state index contributed by atoms with van der Waals surface area (Å²) in [6, 6.07) is 4.86. The van der Waals surface area contributed by atoms with Crippen molar-refractivity contribution in [3.63, 3.8) is 0 Å². The van der Waals surface area contributed by atoms with Gasteiger partial charge in [-0.1, -0.05) is 24.6 Å². The highest BCUT2D eigenvalue weighted by Crippen LogP contribution is 2.47. The maximum Gasteiger partial charge on any atom is 0.304 e. The highest BCUT2D eigenvalue weighted by Gasteiger charge is 2.48. The molecule has 1 unspecified atom stereocenters. The number of carbonyl (C=O) groups is 3. The Kier molecular flexibility index (Phi) is 4.90. The second-order valence-corrected chi connectivity index (χ2v) is 7.24. The number of Topliss-reactive ketones (excluding diaryl/α,β-unsaturated/α-hetero) is 2. The van der Waals surface area contributed by atoms with Crippen molar-refractivity contribution in [2.75, 3.05) is 13.2 Å². The topological polar surface area (TPSA) is 101 Å². The van der Waals surface area contributed by atoms with Crippen LogP contribution in [0.1, 0.15) is 42.1 Å². The molecular formula is C19H19ClO6. The first-order valence-electron chi connectivity index (χ1n) is 8.40. The fourth-order valence-electron chi connectivity index (χ4n) is 3.79. The number of carboxylic acids is 1. The molecule has 0 amide bonds. The summed E-state index contributed by atoms with van der Waals surface area (Å²) < 4.78 is 5.40. The molecule has 1 aromatic rings. The molecule has 0 aromatic heterocycles. The minimum atomic E-state index is -1.14. The van der Waals surface area contributed by atoms with Gasteiger partial charge in [0.15, 0.2) is 11.6 Å². The summed E-state index contributed by atoms with van der Waals surface area (Å²) in [6.07, 6.45) is 0.428. The molecule has 1 aromatic carbocycles. The van der Waals surface area contributed by atoms with E-state index in [1.54, 1.807) is 12.1 Å². The number of carboxylic acid groups (broad SMARTS) is 1. The van der Waals surface area contributed by atoms with Crippen LogP contribution in [0.4, 0.5) is 0 Å². The fourth-order valence-corrected chi connectivity index (χ4v) is 3.96. The Morgan fingerprint density at radius 3 is 2.58 bits per heavy atom. The van der Waals surface area contributed by atoms with Crippen LogP contribution < -0.4 is 0 Å². The summed E-state index contributed by atoms with van der Waals surface area (Å²) in [5.41, 5.74) is -0.298. The van der Waals surface area contributed by atoms with Gasteiger partial charge in [-0.2, -0.15) is 0 Å². The van der Waals surface area contributed by atoms with E-state index in [2.05, 4.69) is 0 Å². The molecule has 1 fully saturated rings. The van der Waals surface area contributed by atoms with Crippen molar-refractivity contribution < 1.29 is 29.3 Å². The number of aliphatic hydroxyl groups excluding tert-OH is 1. The van der Waals surface area contributed by atoms with Gasteiger partial charge in [-0.05, 0) is 30.5 Å². The van der Waals surface area contributed by atoms with Crippen LogP contribution >= 0.6 is 11.6 Å².